The summed E-state index contributed by atoms with van der Waals surface area (Å²) in [7, 11) is 0. The van der Waals surface area contributed by atoms with Crippen LogP contribution >= 0.6 is 0 Å². The van der Waals surface area contributed by atoms with Crippen molar-refractivity contribution in [1.29, 1.82) is 5.26 Å². The lowest BCUT2D eigenvalue weighted by molar-refractivity contribution is -0.138. The van der Waals surface area contributed by atoms with Gasteiger partial charge in [-0.25, -0.2) is 0 Å². The normalized spacial score (nSPS) is 9.95. The molecule has 1 amide bonds. The highest BCUT2D eigenvalue weighted by atomic mass is 16.4. The summed E-state index contributed by atoms with van der Waals surface area (Å²) in [6.07, 6.45) is 0. The number of hydrogen-bond donors (Lipinski definition) is 2. The fourth-order valence-corrected chi connectivity index (χ4v) is 1.55. The molecule has 0 saturated carbocycles. The van der Waals surface area contributed by atoms with Crippen LogP contribution in [-0.4, -0.2) is 41.5 Å². The summed E-state index contributed by atoms with van der Waals surface area (Å²) in [5.74, 6) is -1.32. The Morgan fingerprint density at radius 3 is 2.63 bits per heavy atom. The summed E-state index contributed by atoms with van der Waals surface area (Å²) in [4.78, 5) is 23.9. The maximum Gasteiger partial charge on any atom is 0.317 e. The largest absolute Gasteiger partial charge is 0.480 e. The molecule has 0 saturated heterocycles. The molecule has 6 heteroatoms. The fraction of sp³-hybridized carbons (Fsp3) is 0.308. The molecular formula is C13H15N3O3. The molecule has 0 heterocycles. The molecule has 1 aromatic carbocycles. The molecule has 0 aliphatic carbocycles. The van der Waals surface area contributed by atoms with E-state index in [1.54, 1.807) is 31.2 Å². The summed E-state index contributed by atoms with van der Waals surface area (Å²) in [6.45, 7) is 2.02. The van der Waals surface area contributed by atoms with Crippen molar-refractivity contribution in [3.05, 3.63) is 29.8 Å². The predicted octanol–water partition coefficient (Wildman–Crippen LogP) is 0.903. The molecule has 0 bridgehead atoms. The average Bonchev–Trinajstić information content (AvgIpc) is 2.38. The van der Waals surface area contributed by atoms with Crippen LogP contribution in [0.2, 0.25) is 0 Å². The number of para-hydroxylation sites is 1. The predicted molar refractivity (Wildman–Crippen MR) is 69.5 cm³/mol. The lowest BCUT2D eigenvalue weighted by Crippen LogP contribution is -2.36. The average molecular weight is 261 g/mol. The smallest absolute Gasteiger partial charge is 0.317 e. The number of hydrogen-bond acceptors (Lipinski definition) is 4. The summed E-state index contributed by atoms with van der Waals surface area (Å²) in [5.41, 5.74) is 0.804. The molecule has 1 rings (SSSR count). The number of nitrogens with zero attached hydrogens (tertiary/aromatic N) is 2. The molecule has 1 aromatic rings. The number of carboxylic acid groups (broad SMARTS) is 1. The minimum atomic E-state index is -0.980. The number of aliphatic carboxylic acids is 1. The van der Waals surface area contributed by atoms with Gasteiger partial charge in [-0.05, 0) is 18.7 Å². The molecule has 0 unspecified atom stereocenters. The van der Waals surface area contributed by atoms with Gasteiger partial charge in [-0.15, -0.1) is 0 Å². The number of carbonyl (C=O) groups excluding carboxylic acids is 1. The first-order valence-electron chi connectivity index (χ1n) is 5.80. The lowest BCUT2D eigenvalue weighted by atomic mass is 10.2. The number of rotatable bonds is 6. The van der Waals surface area contributed by atoms with Crippen LogP contribution in [0.3, 0.4) is 0 Å². The molecule has 100 valence electrons. The van der Waals surface area contributed by atoms with Gasteiger partial charge in [-0.1, -0.05) is 19.1 Å². The highest BCUT2D eigenvalue weighted by molar-refractivity contribution is 5.93. The Bertz CT molecular complexity index is 508. The van der Waals surface area contributed by atoms with E-state index < -0.39 is 5.97 Å². The van der Waals surface area contributed by atoms with Gasteiger partial charge in [0.25, 0.3) is 0 Å². The number of carboxylic acids is 1. The molecule has 0 aliphatic heterocycles. The minimum Gasteiger partial charge on any atom is -0.480 e. The second-order valence-corrected chi connectivity index (χ2v) is 3.90. The molecule has 0 aromatic heterocycles. The van der Waals surface area contributed by atoms with E-state index in [9.17, 15) is 9.59 Å². The Morgan fingerprint density at radius 2 is 2.05 bits per heavy atom. The van der Waals surface area contributed by atoms with E-state index in [4.69, 9.17) is 10.4 Å². The molecule has 6 nitrogen and oxygen atoms in total. The highest BCUT2D eigenvalue weighted by Crippen LogP contribution is 2.13. The first kappa shape index (κ1) is 14.7. The number of amides is 1. The third kappa shape index (κ3) is 4.77. The second kappa shape index (κ2) is 7.13. The minimum absolute atomic E-state index is 0.0252. The van der Waals surface area contributed by atoms with Crippen molar-refractivity contribution in [2.75, 3.05) is 25.0 Å². The summed E-state index contributed by atoms with van der Waals surface area (Å²) in [6, 6.07) is 8.63. The van der Waals surface area contributed by atoms with E-state index in [-0.39, 0.29) is 19.0 Å². The van der Waals surface area contributed by atoms with Gasteiger partial charge in [0.2, 0.25) is 5.91 Å². The maximum absolute atomic E-state index is 11.8. The van der Waals surface area contributed by atoms with E-state index in [1.807, 2.05) is 6.07 Å². The van der Waals surface area contributed by atoms with Crippen LogP contribution in [0.5, 0.6) is 0 Å². The Balaban J connectivity index is 2.64. The zero-order valence-electron chi connectivity index (χ0n) is 10.6. The zero-order valence-corrected chi connectivity index (χ0v) is 10.6. The van der Waals surface area contributed by atoms with Crippen LogP contribution in [-0.2, 0) is 9.59 Å². The molecule has 0 atom stereocenters. The van der Waals surface area contributed by atoms with Crippen molar-refractivity contribution < 1.29 is 14.7 Å². The number of carbonyl (C=O) groups is 2. The number of likely N-dealkylation sites (N-methyl/N-ethyl adjacent to an activating group) is 1. The van der Waals surface area contributed by atoms with E-state index in [1.165, 1.54) is 4.90 Å². The third-order valence-electron chi connectivity index (χ3n) is 2.49. The van der Waals surface area contributed by atoms with Gasteiger partial charge in [-0.2, -0.15) is 5.26 Å². The van der Waals surface area contributed by atoms with Gasteiger partial charge < -0.3 is 10.4 Å². The Hall–Kier alpha value is -2.39. The Kier molecular flexibility index (Phi) is 5.51. The van der Waals surface area contributed by atoms with Crippen molar-refractivity contribution in [2.24, 2.45) is 0 Å². The fourth-order valence-electron chi connectivity index (χ4n) is 1.55. The zero-order chi connectivity index (χ0) is 14.3. The quantitative estimate of drug-likeness (QED) is 0.793. The standard InChI is InChI=1S/C13H15N3O3/c1-2-16(9-13(18)19)8-12(17)15-11-6-4-3-5-10(11)7-14/h3-6H,2,8-9H2,1H3,(H,15,17)(H,18,19). The van der Waals surface area contributed by atoms with E-state index in [2.05, 4.69) is 5.32 Å². The second-order valence-electron chi connectivity index (χ2n) is 3.90. The number of anilines is 1. The topological polar surface area (TPSA) is 93.4 Å². The highest BCUT2D eigenvalue weighted by Gasteiger charge is 2.13. The van der Waals surface area contributed by atoms with Crippen molar-refractivity contribution >= 4 is 17.6 Å². The van der Waals surface area contributed by atoms with Crippen LogP contribution in [0.4, 0.5) is 5.69 Å². The Labute approximate surface area is 111 Å². The van der Waals surface area contributed by atoms with Gasteiger partial charge >= 0.3 is 5.97 Å². The van der Waals surface area contributed by atoms with E-state index >= 15 is 0 Å². The van der Waals surface area contributed by atoms with Crippen LogP contribution in [0.25, 0.3) is 0 Å². The summed E-state index contributed by atoms with van der Waals surface area (Å²) < 4.78 is 0. The number of nitrogens with one attached hydrogen (secondary N) is 1. The van der Waals surface area contributed by atoms with Crippen molar-refractivity contribution in [3.8, 4) is 6.07 Å². The molecule has 2 N–H and O–H groups in total. The van der Waals surface area contributed by atoms with Gasteiger partial charge in [0.15, 0.2) is 0 Å². The SMILES string of the molecule is CCN(CC(=O)O)CC(=O)Nc1ccccc1C#N. The van der Waals surface area contributed by atoms with E-state index in [0.717, 1.165) is 0 Å². The molecule has 0 radical (unpaired) electrons. The van der Waals surface area contributed by atoms with E-state index in [0.29, 0.717) is 17.8 Å². The molecule has 19 heavy (non-hydrogen) atoms. The van der Waals surface area contributed by atoms with Gasteiger partial charge in [-0.3, -0.25) is 14.5 Å². The first-order valence-corrected chi connectivity index (χ1v) is 5.80. The van der Waals surface area contributed by atoms with Crippen LogP contribution in [0.1, 0.15) is 12.5 Å². The van der Waals surface area contributed by atoms with Gasteiger partial charge in [0.1, 0.15) is 6.07 Å². The van der Waals surface area contributed by atoms with Crippen molar-refractivity contribution in [2.45, 2.75) is 6.92 Å². The number of nitriles is 1. The number of benzene rings is 1. The van der Waals surface area contributed by atoms with Gasteiger partial charge in [0.05, 0.1) is 24.3 Å². The summed E-state index contributed by atoms with van der Waals surface area (Å²) in [5, 5.41) is 20.2. The van der Waals surface area contributed by atoms with Crippen molar-refractivity contribution in [3.63, 3.8) is 0 Å². The maximum atomic E-state index is 11.8. The van der Waals surface area contributed by atoms with Crippen molar-refractivity contribution in [1.82, 2.24) is 4.90 Å². The Morgan fingerprint density at radius 1 is 1.37 bits per heavy atom. The van der Waals surface area contributed by atoms with Gasteiger partial charge in [0, 0.05) is 0 Å². The third-order valence-corrected chi connectivity index (χ3v) is 2.49. The van der Waals surface area contributed by atoms with Crippen LogP contribution in [0, 0.1) is 11.3 Å². The molecule has 0 aliphatic rings. The molecule has 0 fully saturated rings. The monoisotopic (exact) mass is 261 g/mol. The summed E-state index contributed by atoms with van der Waals surface area (Å²) >= 11 is 0. The first-order chi connectivity index (χ1) is 9.06. The molecule has 0 spiro atoms. The van der Waals surface area contributed by atoms with Crippen LogP contribution < -0.4 is 5.32 Å². The lowest BCUT2D eigenvalue weighted by Gasteiger charge is -2.17. The van der Waals surface area contributed by atoms with Crippen LogP contribution in [0.15, 0.2) is 24.3 Å². The molecular weight excluding hydrogens is 246 g/mol.